The van der Waals surface area contributed by atoms with E-state index in [1.807, 2.05) is 13.8 Å². The molecule has 0 radical (unpaired) electrons. The molecule has 0 unspecified atom stereocenters. The summed E-state index contributed by atoms with van der Waals surface area (Å²) in [5, 5.41) is 1.16. The number of hydrogen-bond acceptors (Lipinski definition) is 7. The van der Waals surface area contributed by atoms with Gasteiger partial charge in [-0.1, -0.05) is 54.6 Å². The fraction of sp³-hybridized carbons (Fsp3) is 0.714. The molecule has 1 aliphatic heterocycles. The predicted octanol–water partition coefficient (Wildman–Crippen LogP) is 7.51. The van der Waals surface area contributed by atoms with E-state index in [4.69, 9.17) is 27.7 Å². The summed E-state index contributed by atoms with van der Waals surface area (Å²) in [5.74, 6) is 2.00. The van der Waals surface area contributed by atoms with E-state index in [1.165, 1.54) is 0 Å². The van der Waals surface area contributed by atoms with Crippen LogP contribution in [0.4, 0.5) is 0 Å². The Balaban J connectivity index is 1.80. The molecule has 2 aromatic heterocycles. The van der Waals surface area contributed by atoms with Gasteiger partial charge in [0, 0.05) is 26.9 Å². The van der Waals surface area contributed by atoms with E-state index in [0.717, 1.165) is 23.3 Å². The summed E-state index contributed by atoms with van der Waals surface area (Å²) in [6, 6.07) is 0. The molecule has 0 fully saturated rings. The summed E-state index contributed by atoms with van der Waals surface area (Å²) in [5.41, 5.74) is 1.44. The van der Waals surface area contributed by atoms with Crippen molar-refractivity contribution in [2.75, 3.05) is 7.11 Å². The van der Waals surface area contributed by atoms with Gasteiger partial charge in [0.2, 0.25) is 5.89 Å². The van der Waals surface area contributed by atoms with Gasteiger partial charge >= 0.3 is 0 Å². The van der Waals surface area contributed by atoms with Gasteiger partial charge in [0.1, 0.15) is 37.6 Å². The number of aromatic nitrogens is 2. The largest absolute Gasteiger partial charge is 0.495 e. The van der Waals surface area contributed by atoms with Gasteiger partial charge in [0.15, 0.2) is 19.9 Å². The van der Waals surface area contributed by atoms with Gasteiger partial charge in [-0.05, 0) is 36.2 Å². The first kappa shape index (κ1) is 29.9. The van der Waals surface area contributed by atoms with Crippen molar-refractivity contribution in [1.82, 2.24) is 9.97 Å². The normalized spacial score (nSPS) is 20.5. The van der Waals surface area contributed by atoms with Crippen LogP contribution in [0.15, 0.2) is 26.9 Å². The number of ether oxygens (including phenoxy) is 2. The molecule has 3 atom stereocenters. The Labute approximate surface area is 225 Å². The summed E-state index contributed by atoms with van der Waals surface area (Å²) in [7, 11) is -2.19. The SMILES string of the molecule is CO[C@H](C[C@H]1C[C@@H](O[Si](C)(C)C(C)(C)C)C=C(C)O1)c1coc(-c2nc(C)oc2[Si](C)(C)C(C)(C)C)n1. The predicted molar refractivity (Wildman–Crippen MR) is 153 cm³/mol. The molecule has 37 heavy (non-hydrogen) atoms. The second-order valence-electron chi connectivity index (χ2n) is 13.5. The fourth-order valence-electron chi connectivity index (χ4n) is 4.18. The fourth-order valence-corrected chi connectivity index (χ4v) is 7.29. The molecule has 0 spiro atoms. The van der Waals surface area contributed by atoms with E-state index in [0.29, 0.717) is 23.9 Å². The monoisotopic (exact) mass is 548 g/mol. The van der Waals surface area contributed by atoms with Gasteiger partial charge in [-0.25, -0.2) is 9.97 Å². The average Bonchev–Trinajstić information content (AvgIpc) is 3.36. The molecule has 0 bridgehead atoms. The molecular formula is C28H48N2O5Si2. The highest BCUT2D eigenvalue weighted by Gasteiger charge is 2.44. The molecule has 3 rings (SSSR count). The summed E-state index contributed by atoms with van der Waals surface area (Å²) in [6.45, 7) is 26.6. The minimum absolute atomic E-state index is 0.0373. The Kier molecular flexibility index (Phi) is 8.45. The second kappa shape index (κ2) is 10.5. The van der Waals surface area contributed by atoms with Crippen molar-refractivity contribution in [2.24, 2.45) is 0 Å². The first-order chi connectivity index (χ1) is 16.9. The van der Waals surface area contributed by atoms with E-state index < -0.39 is 16.4 Å². The van der Waals surface area contributed by atoms with Crippen LogP contribution in [0.25, 0.3) is 11.6 Å². The third kappa shape index (κ3) is 6.49. The number of hydrogen-bond donors (Lipinski definition) is 0. The zero-order chi connectivity index (χ0) is 28.0. The molecule has 0 amide bonds. The lowest BCUT2D eigenvalue weighted by atomic mass is 10.0. The van der Waals surface area contributed by atoms with Crippen LogP contribution in [-0.2, 0) is 13.9 Å². The summed E-state index contributed by atoms with van der Waals surface area (Å²) >= 11 is 0. The number of oxazole rings is 2. The molecule has 0 aromatic carbocycles. The number of nitrogens with zero attached hydrogens (tertiary/aromatic N) is 2. The van der Waals surface area contributed by atoms with Crippen molar-refractivity contribution >= 4 is 21.8 Å². The van der Waals surface area contributed by atoms with Gasteiger partial charge in [-0.3, -0.25) is 0 Å². The highest BCUT2D eigenvalue weighted by atomic mass is 28.4. The van der Waals surface area contributed by atoms with E-state index in [-0.39, 0.29) is 28.4 Å². The second-order valence-corrected chi connectivity index (χ2v) is 23.5. The van der Waals surface area contributed by atoms with E-state index in [2.05, 4.69) is 78.8 Å². The molecule has 208 valence electrons. The molecule has 0 N–H and O–H groups in total. The minimum atomic E-state index is -1.99. The van der Waals surface area contributed by atoms with Crippen LogP contribution in [-0.4, -0.2) is 45.7 Å². The Hall–Kier alpha value is -1.69. The Morgan fingerprint density at radius 2 is 1.68 bits per heavy atom. The van der Waals surface area contributed by atoms with Crippen LogP contribution >= 0.6 is 0 Å². The maximum Gasteiger partial charge on any atom is 0.248 e. The highest BCUT2D eigenvalue weighted by Crippen LogP contribution is 2.40. The number of aryl methyl sites for hydroxylation is 1. The standard InChI is InChI=1S/C28H48N2O5Si2/c1-18-14-21(35-37(12,13)28(6,7)8)15-20(33-18)16-23(31-9)22-17-32-25(30-22)24-26(34-19(2)29-24)36(10,11)27(3,4)5/h14,17,20-21,23H,15-16H2,1-13H3/t20-,21+,23-/m1/s1. The van der Waals surface area contributed by atoms with Crippen LogP contribution < -0.4 is 5.38 Å². The molecule has 3 heterocycles. The van der Waals surface area contributed by atoms with Gasteiger partial charge in [-0.15, -0.1) is 0 Å². The van der Waals surface area contributed by atoms with Crippen molar-refractivity contribution < 1.29 is 22.7 Å². The summed E-state index contributed by atoms with van der Waals surface area (Å²) < 4.78 is 30.9. The summed E-state index contributed by atoms with van der Waals surface area (Å²) in [6.07, 6.45) is 4.95. The van der Waals surface area contributed by atoms with Gasteiger partial charge in [0.05, 0.1) is 11.9 Å². The Bertz CT molecular complexity index is 1100. The molecule has 0 saturated carbocycles. The Morgan fingerprint density at radius 3 is 2.24 bits per heavy atom. The molecule has 1 aliphatic rings. The third-order valence-corrected chi connectivity index (χ3v) is 18.2. The van der Waals surface area contributed by atoms with Crippen molar-refractivity contribution in [3.63, 3.8) is 0 Å². The first-order valence-electron chi connectivity index (χ1n) is 13.3. The van der Waals surface area contributed by atoms with E-state index in [9.17, 15) is 0 Å². The quantitative estimate of drug-likeness (QED) is 0.316. The Morgan fingerprint density at radius 1 is 1.03 bits per heavy atom. The third-order valence-electron chi connectivity index (χ3n) is 8.51. The maximum absolute atomic E-state index is 6.69. The van der Waals surface area contributed by atoms with E-state index >= 15 is 0 Å². The van der Waals surface area contributed by atoms with Crippen LogP contribution in [0.3, 0.4) is 0 Å². The van der Waals surface area contributed by atoms with Crippen LogP contribution in [0, 0.1) is 6.92 Å². The lowest BCUT2D eigenvalue weighted by Crippen LogP contribution is -2.49. The average molecular weight is 549 g/mol. The minimum Gasteiger partial charge on any atom is -0.495 e. The maximum atomic E-state index is 6.69. The topological polar surface area (TPSA) is 79.8 Å². The van der Waals surface area contributed by atoms with E-state index in [1.54, 1.807) is 13.4 Å². The van der Waals surface area contributed by atoms with Gasteiger partial charge < -0.3 is 22.7 Å². The van der Waals surface area contributed by atoms with Crippen molar-refractivity contribution in [3.05, 3.63) is 29.7 Å². The number of rotatable bonds is 8. The molecule has 7 nitrogen and oxygen atoms in total. The summed E-state index contributed by atoms with van der Waals surface area (Å²) in [4.78, 5) is 9.50. The lowest BCUT2D eigenvalue weighted by Gasteiger charge is -2.40. The van der Waals surface area contributed by atoms with Crippen LogP contribution in [0.1, 0.15) is 79.0 Å². The van der Waals surface area contributed by atoms with Crippen molar-refractivity contribution in [3.8, 4) is 11.6 Å². The van der Waals surface area contributed by atoms with Gasteiger partial charge in [0.25, 0.3) is 0 Å². The van der Waals surface area contributed by atoms with Crippen molar-refractivity contribution in [1.29, 1.82) is 0 Å². The molecule has 0 aliphatic carbocycles. The van der Waals surface area contributed by atoms with Gasteiger partial charge in [-0.2, -0.15) is 0 Å². The highest BCUT2D eigenvalue weighted by molar-refractivity contribution is 6.92. The molecular weight excluding hydrogens is 500 g/mol. The lowest BCUT2D eigenvalue weighted by molar-refractivity contribution is -0.00298. The smallest absolute Gasteiger partial charge is 0.248 e. The van der Waals surface area contributed by atoms with Crippen LogP contribution in [0.2, 0.25) is 36.3 Å². The molecule has 9 heteroatoms. The molecule has 2 aromatic rings. The molecule has 0 saturated heterocycles. The zero-order valence-electron chi connectivity index (χ0n) is 25.2. The van der Waals surface area contributed by atoms with Crippen LogP contribution in [0.5, 0.6) is 0 Å². The van der Waals surface area contributed by atoms with Crippen molar-refractivity contribution in [2.45, 2.75) is 123 Å². The number of allylic oxidation sites excluding steroid dienone is 1. The first-order valence-corrected chi connectivity index (χ1v) is 19.3. The number of methoxy groups -OCH3 is 1. The zero-order valence-corrected chi connectivity index (χ0v) is 27.2.